The minimum Gasteiger partial charge on any atom is -0.462 e. The summed E-state index contributed by atoms with van der Waals surface area (Å²) >= 11 is 0. The molecule has 238 valence electrons. The average Bonchev–Trinajstić information content (AvgIpc) is 3.28. The third kappa shape index (κ3) is 9.56. The highest BCUT2D eigenvalue weighted by molar-refractivity contribution is 5.70. The minimum atomic E-state index is -0.584. The topological polar surface area (TPSA) is 72.8 Å². The van der Waals surface area contributed by atoms with Gasteiger partial charge < -0.3 is 14.6 Å². The molecule has 6 atom stereocenters. The molecule has 5 heteroatoms. The number of aliphatic hydroxyl groups is 1. The molecule has 3 fully saturated rings. The Bertz CT molecular complexity index is 985. The number of hydrogen-bond acceptors (Lipinski definition) is 5. The molecule has 5 nitrogen and oxygen atoms in total. The van der Waals surface area contributed by atoms with Crippen LogP contribution in [0, 0.1) is 23.2 Å². The van der Waals surface area contributed by atoms with Crippen LogP contribution in [-0.2, 0) is 19.1 Å². The van der Waals surface area contributed by atoms with Gasteiger partial charge in [0.25, 0.3) is 0 Å². The molecule has 0 aliphatic heterocycles. The van der Waals surface area contributed by atoms with E-state index in [-0.39, 0.29) is 18.0 Å². The minimum absolute atomic E-state index is 0.167. The number of fused-ring (bicyclic) bond motifs is 1. The second kappa shape index (κ2) is 15.7. The molecule has 0 saturated heterocycles. The van der Waals surface area contributed by atoms with Crippen LogP contribution in [0.2, 0.25) is 0 Å². The van der Waals surface area contributed by atoms with E-state index < -0.39 is 11.7 Å². The van der Waals surface area contributed by atoms with Gasteiger partial charge in [0.15, 0.2) is 0 Å². The van der Waals surface area contributed by atoms with Gasteiger partial charge in [0, 0.05) is 25.7 Å². The maximum atomic E-state index is 12.5. The van der Waals surface area contributed by atoms with E-state index in [4.69, 9.17) is 9.47 Å². The van der Waals surface area contributed by atoms with Gasteiger partial charge in [-0.25, -0.2) is 0 Å². The van der Waals surface area contributed by atoms with Crippen LogP contribution in [0.4, 0.5) is 0 Å². The van der Waals surface area contributed by atoms with Gasteiger partial charge in [-0.1, -0.05) is 77.7 Å². The summed E-state index contributed by atoms with van der Waals surface area (Å²) in [6.45, 7) is 17.3. The van der Waals surface area contributed by atoms with E-state index in [2.05, 4.69) is 46.4 Å². The third-order valence-corrected chi connectivity index (χ3v) is 10.4. The number of unbranched alkanes of at least 4 members (excludes halogenated alkanes) is 2. The Labute approximate surface area is 256 Å². The van der Waals surface area contributed by atoms with Crippen molar-refractivity contribution in [2.45, 2.75) is 162 Å². The van der Waals surface area contributed by atoms with Gasteiger partial charge in [0.2, 0.25) is 0 Å². The number of ether oxygens (including phenoxy) is 2. The zero-order valence-corrected chi connectivity index (χ0v) is 27.6. The number of carbonyl (C=O) groups excluding carboxylic acids is 2. The molecule has 0 unspecified atom stereocenters. The summed E-state index contributed by atoms with van der Waals surface area (Å²) < 4.78 is 11.8. The van der Waals surface area contributed by atoms with E-state index >= 15 is 0 Å². The van der Waals surface area contributed by atoms with Crippen molar-refractivity contribution < 1.29 is 24.2 Å². The molecule has 3 saturated carbocycles. The molecule has 0 spiro atoms. The van der Waals surface area contributed by atoms with E-state index in [9.17, 15) is 14.7 Å². The van der Waals surface area contributed by atoms with Crippen LogP contribution in [0.15, 0.2) is 35.5 Å². The van der Waals surface area contributed by atoms with E-state index in [0.29, 0.717) is 48.9 Å². The van der Waals surface area contributed by atoms with Crippen LogP contribution >= 0.6 is 0 Å². The maximum absolute atomic E-state index is 12.5. The number of carbonyl (C=O) groups is 2. The van der Waals surface area contributed by atoms with Gasteiger partial charge in [-0.3, -0.25) is 9.59 Å². The second-order valence-corrected chi connectivity index (χ2v) is 14.5. The number of hydrogen-bond donors (Lipinski definition) is 1. The molecule has 0 amide bonds. The fourth-order valence-corrected chi connectivity index (χ4v) is 8.02. The Kier molecular flexibility index (Phi) is 13.0. The third-order valence-electron chi connectivity index (χ3n) is 10.4. The van der Waals surface area contributed by atoms with E-state index in [1.807, 2.05) is 13.8 Å². The molecule has 0 aromatic heterocycles. The Hall–Kier alpha value is -1.88. The second-order valence-electron chi connectivity index (χ2n) is 14.5. The molecule has 0 aromatic rings. The fourth-order valence-electron chi connectivity index (χ4n) is 8.02. The van der Waals surface area contributed by atoms with Gasteiger partial charge >= 0.3 is 11.9 Å². The number of allylic oxidation sites excluding steroid dienone is 3. The highest BCUT2D eigenvalue weighted by atomic mass is 16.6. The van der Waals surface area contributed by atoms with Gasteiger partial charge in [-0.2, -0.15) is 0 Å². The van der Waals surface area contributed by atoms with Gasteiger partial charge in [-0.05, 0) is 99.5 Å². The predicted octanol–water partition coefficient (Wildman–Crippen LogP) is 9.19. The quantitative estimate of drug-likeness (QED) is 0.206. The van der Waals surface area contributed by atoms with Gasteiger partial charge in [0.1, 0.15) is 12.2 Å². The van der Waals surface area contributed by atoms with Crippen molar-refractivity contribution in [3.63, 3.8) is 0 Å². The van der Waals surface area contributed by atoms with Crippen LogP contribution in [-0.4, -0.2) is 34.9 Å². The average molecular weight is 585 g/mol. The lowest BCUT2D eigenvalue weighted by molar-refractivity contribution is -0.155. The van der Waals surface area contributed by atoms with Crippen LogP contribution < -0.4 is 0 Å². The predicted molar refractivity (Wildman–Crippen MR) is 171 cm³/mol. The Morgan fingerprint density at radius 1 is 1.07 bits per heavy atom. The zero-order valence-electron chi connectivity index (χ0n) is 27.6. The highest BCUT2D eigenvalue weighted by Crippen LogP contribution is 2.60. The summed E-state index contributed by atoms with van der Waals surface area (Å²) in [7, 11) is 0. The van der Waals surface area contributed by atoms with Crippen molar-refractivity contribution in [3.8, 4) is 0 Å². The molecule has 3 aliphatic carbocycles. The fraction of sp³-hybridized carbons (Fsp3) is 0.784. The van der Waals surface area contributed by atoms with Gasteiger partial charge in [-0.15, -0.1) is 0 Å². The van der Waals surface area contributed by atoms with Crippen LogP contribution in [0.1, 0.15) is 144 Å². The summed E-state index contributed by atoms with van der Waals surface area (Å²) in [6, 6.07) is 0. The summed E-state index contributed by atoms with van der Waals surface area (Å²) in [5.74, 6) is 1.59. The molecule has 3 rings (SSSR count). The van der Waals surface area contributed by atoms with Crippen molar-refractivity contribution in [1.82, 2.24) is 0 Å². The van der Waals surface area contributed by atoms with Crippen LogP contribution in [0.5, 0.6) is 0 Å². The Morgan fingerprint density at radius 2 is 1.74 bits per heavy atom. The Balaban J connectivity index is 1.76. The first-order valence-corrected chi connectivity index (χ1v) is 17.1. The van der Waals surface area contributed by atoms with Crippen molar-refractivity contribution >= 4 is 11.9 Å². The van der Waals surface area contributed by atoms with Crippen molar-refractivity contribution in [1.29, 1.82) is 0 Å². The van der Waals surface area contributed by atoms with Gasteiger partial charge in [0.05, 0.1) is 5.60 Å². The maximum Gasteiger partial charge on any atom is 0.306 e. The van der Waals surface area contributed by atoms with Crippen LogP contribution in [0.25, 0.3) is 0 Å². The normalized spacial score (nSPS) is 30.8. The van der Waals surface area contributed by atoms with Crippen molar-refractivity contribution in [2.75, 3.05) is 0 Å². The lowest BCUT2D eigenvalue weighted by atomic mass is 9.60. The molecular weight excluding hydrogens is 524 g/mol. The van der Waals surface area contributed by atoms with E-state index in [1.54, 1.807) is 0 Å². The first kappa shape index (κ1) is 34.6. The summed E-state index contributed by atoms with van der Waals surface area (Å²) in [5, 5.41) is 10.2. The summed E-state index contributed by atoms with van der Waals surface area (Å²) in [5.41, 5.74) is 3.15. The summed E-state index contributed by atoms with van der Waals surface area (Å²) in [6.07, 6.45) is 18.5. The van der Waals surface area contributed by atoms with Crippen LogP contribution in [0.3, 0.4) is 0 Å². The molecule has 0 aromatic carbocycles. The molecule has 42 heavy (non-hydrogen) atoms. The Morgan fingerprint density at radius 3 is 2.38 bits per heavy atom. The molecule has 1 N–H and O–H groups in total. The molecule has 0 heterocycles. The monoisotopic (exact) mass is 584 g/mol. The zero-order chi connectivity index (χ0) is 30.9. The number of esters is 2. The summed E-state index contributed by atoms with van der Waals surface area (Å²) in [4.78, 5) is 25.0. The SMILES string of the molecule is C=C1/C(=C\C=C2/CCC[C@]3(C)[C@@H]([C@H](C)CCCC(C)(C)O)CC[C@@H]23)C[C@@H](OC(=O)CCCC)C[C@@H]1OC(=O)CCCC. The molecule has 3 aliphatic rings. The van der Waals surface area contributed by atoms with Crippen molar-refractivity contribution in [3.05, 3.63) is 35.5 Å². The first-order chi connectivity index (χ1) is 19.9. The standard InChI is InChI=1S/C37H60O5/c1-8-10-16-34(38)41-30-24-29(27(4)33(25-30)42-35(39)17-11-9-2)19-18-28-15-13-23-37(7)31(20-21-32(28)37)26(3)14-12-22-36(5,6)40/h18-19,26,30-33,40H,4,8-17,20-25H2,1-3,5-7H3/b28-18+,29-19-/t26-,30-,31-,32+,33+,37-/m1/s1. The lowest BCUT2D eigenvalue weighted by Crippen LogP contribution is -2.36. The highest BCUT2D eigenvalue weighted by Gasteiger charge is 2.50. The number of rotatable bonds is 14. The smallest absolute Gasteiger partial charge is 0.306 e. The van der Waals surface area contributed by atoms with Crippen molar-refractivity contribution in [2.24, 2.45) is 23.2 Å². The first-order valence-electron chi connectivity index (χ1n) is 17.1. The largest absolute Gasteiger partial charge is 0.462 e. The van der Waals surface area contributed by atoms with E-state index in [1.165, 1.54) is 37.7 Å². The molecule has 0 radical (unpaired) electrons. The molecule has 0 bridgehead atoms. The lowest BCUT2D eigenvalue weighted by Gasteiger charge is -2.44. The van der Waals surface area contributed by atoms with E-state index in [0.717, 1.165) is 56.1 Å². The molecular formula is C37H60O5.